The molecule has 0 amide bonds. The zero-order valence-electron chi connectivity index (χ0n) is 7.60. The minimum atomic E-state index is -1.66. The monoisotopic (exact) mass is 244 g/mol. The van der Waals surface area contributed by atoms with Gasteiger partial charge in [-0.05, 0) is 12.1 Å². The minimum Gasteiger partial charge on any atom is -0.478 e. The van der Waals surface area contributed by atoms with Crippen molar-refractivity contribution in [3.8, 4) is 0 Å². The summed E-state index contributed by atoms with van der Waals surface area (Å²) >= 11 is 5.51. The number of carboxylic acids is 3. The SMILES string of the molecule is O=C(O)c1ccc(Cl)c(C(=O)O)c1C(=O)O. The van der Waals surface area contributed by atoms with E-state index in [1.807, 2.05) is 0 Å². The minimum absolute atomic E-state index is 0.324. The van der Waals surface area contributed by atoms with Gasteiger partial charge < -0.3 is 15.3 Å². The van der Waals surface area contributed by atoms with Crippen LogP contribution in [0.5, 0.6) is 0 Å². The van der Waals surface area contributed by atoms with Gasteiger partial charge in [-0.3, -0.25) is 0 Å². The van der Waals surface area contributed by atoms with Gasteiger partial charge in [0.1, 0.15) is 0 Å². The highest BCUT2D eigenvalue weighted by Gasteiger charge is 2.26. The highest BCUT2D eigenvalue weighted by Crippen LogP contribution is 2.24. The predicted octanol–water partition coefficient (Wildman–Crippen LogP) is 1.43. The molecule has 0 aliphatic rings. The first-order chi connectivity index (χ1) is 7.36. The summed E-state index contributed by atoms with van der Waals surface area (Å²) in [6.07, 6.45) is 0. The number of benzene rings is 1. The van der Waals surface area contributed by atoms with Crippen molar-refractivity contribution in [1.29, 1.82) is 0 Å². The molecule has 0 aliphatic carbocycles. The Balaban J connectivity index is 3.70. The number of hydrogen-bond acceptors (Lipinski definition) is 3. The fourth-order valence-electron chi connectivity index (χ4n) is 1.19. The van der Waals surface area contributed by atoms with E-state index in [-0.39, 0.29) is 5.02 Å². The molecule has 0 radical (unpaired) electrons. The second kappa shape index (κ2) is 4.19. The van der Waals surface area contributed by atoms with Gasteiger partial charge in [-0.2, -0.15) is 0 Å². The molecule has 1 aromatic carbocycles. The Kier molecular flexibility index (Phi) is 3.14. The van der Waals surface area contributed by atoms with Crippen molar-refractivity contribution >= 4 is 29.5 Å². The normalized spacial score (nSPS) is 9.81. The predicted molar refractivity (Wildman–Crippen MR) is 52.3 cm³/mol. The number of carboxylic acid groups (broad SMARTS) is 3. The molecule has 84 valence electrons. The maximum atomic E-state index is 10.8. The van der Waals surface area contributed by atoms with Crippen molar-refractivity contribution < 1.29 is 29.7 Å². The number of halogens is 1. The molecule has 3 N–H and O–H groups in total. The van der Waals surface area contributed by atoms with Crippen molar-refractivity contribution in [3.05, 3.63) is 33.8 Å². The Hall–Kier alpha value is -2.08. The lowest BCUT2D eigenvalue weighted by atomic mass is 10.0. The van der Waals surface area contributed by atoms with Gasteiger partial charge in [0.2, 0.25) is 0 Å². The summed E-state index contributed by atoms with van der Waals surface area (Å²) in [6.45, 7) is 0. The Morgan fingerprint density at radius 3 is 1.75 bits per heavy atom. The average Bonchev–Trinajstić information content (AvgIpc) is 2.15. The Labute approximate surface area is 93.7 Å². The molecule has 16 heavy (non-hydrogen) atoms. The summed E-state index contributed by atoms with van der Waals surface area (Å²) in [6, 6.07) is 1.97. The summed E-state index contributed by atoms with van der Waals surface area (Å²) in [5.74, 6) is -4.78. The van der Waals surface area contributed by atoms with Gasteiger partial charge in [0.15, 0.2) is 0 Å². The molecule has 0 bridgehead atoms. The molecule has 0 aliphatic heterocycles. The molecule has 0 spiro atoms. The first-order valence-electron chi connectivity index (χ1n) is 3.88. The maximum absolute atomic E-state index is 10.8. The van der Waals surface area contributed by atoms with E-state index in [0.717, 1.165) is 12.1 Å². The van der Waals surface area contributed by atoms with Crippen LogP contribution in [0.15, 0.2) is 12.1 Å². The number of carbonyl (C=O) groups is 3. The highest BCUT2D eigenvalue weighted by molar-refractivity contribution is 6.34. The molecule has 1 rings (SSSR count). The molecular weight excluding hydrogens is 240 g/mol. The molecule has 0 atom stereocenters. The number of hydrogen-bond donors (Lipinski definition) is 3. The van der Waals surface area contributed by atoms with Crippen LogP contribution in [0.1, 0.15) is 31.1 Å². The van der Waals surface area contributed by atoms with Gasteiger partial charge in [0.25, 0.3) is 0 Å². The van der Waals surface area contributed by atoms with Gasteiger partial charge >= 0.3 is 17.9 Å². The van der Waals surface area contributed by atoms with Crippen molar-refractivity contribution in [1.82, 2.24) is 0 Å². The van der Waals surface area contributed by atoms with Gasteiger partial charge in [-0.15, -0.1) is 0 Å². The lowest BCUT2D eigenvalue weighted by Crippen LogP contribution is -2.15. The van der Waals surface area contributed by atoms with Gasteiger partial charge in [-0.1, -0.05) is 11.6 Å². The largest absolute Gasteiger partial charge is 0.478 e. The van der Waals surface area contributed by atoms with Gasteiger partial charge in [0.05, 0.1) is 21.7 Å². The molecule has 1 aromatic rings. The molecule has 6 nitrogen and oxygen atoms in total. The summed E-state index contributed by atoms with van der Waals surface area (Å²) in [5, 5.41) is 25.9. The molecule has 7 heteroatoms. The molecular formula is C9H5ClO6. The number of aromatic carboxylic acids is 3. The van der Waals surface area contributed by atoms with Gasteiger partial charge in [-0.25, -0.2) is 14.4 Å². The molecule has 0 fully saturated rings. The van der Waals surface area contributed by atoms with E-state index < -0.39 is 34.6 Å². The van der Waals surface area contributed by atoms with Crippen LogP contribution in [0.2, 0.25) is 5.02 Å². The van der Waals surface area contributed by atoms with Gasteiger partial charge in [0, 0.05) is 0 Å². The molecule has 0 saturated carbocycles. The quantitative estimate of drug-likeness (QED) is 0.742. The van der Waals surface area contributed by atoms with Crippen LogP contribution in [0.3, 0.4) is 0 Å². The van der Waals surface area contributed by atoms with Crippen LogP contribution in [-0.4, -0.2) is 33.2 Å². The molecule has 0 aromatic heterocycles. The second-order valence-electron chi connectivity index (χ2n) is 2.76. The van der Waals surface area contributed by atoms with Crippen molar-refractivity contribution in [2.45, 2.75) is 0 Å². The summed E-state index contributed by atoms with van der Waals surface area (Å²) in [4.78, 5) is 32.3. The first kappa shape index (κ1) is 12.0. The summed E-state index contributed by atoms with van der Waals surface area (Å²) in [7, 11) is 0. The Morgan fingerprint density at radius 1 is 0.875 bits per heavy atom. The topological polar surface area (TPSA) is 112 Å². The van der Waals surface area contributed by atoms with Crippen LogP contribution in [0.25, 0.3) is 0 Å². The number of rotatable bonds is 3. The highest BCUT2D eigenvalue weighted by atomic mass is 35.5. The summed E-state index contributed by atoms with van der Waals surface area (Å²) < 4.78 is 0. The zero-order valence-corrected chi connectivity index (χ0v) is 8.35. The van der Waals surface area contributed by atoms with E-state index in [1.165, 1.54) is 0 Å². The van der Waals surface area contributed by atoms with Crippen LogP contribution in [0.4, 0.5) is 0 Å². The Morgan fingerprint density at radius 2 is 1.38 bits per heavy atom. The van der Waals surface area contributed by atoms with E-state index in [0.29, 0.717) is 0 Å². The lowest BCUT2D eigenvalue weighted by Gasteiger charge is -2.06. The van der Waals surface area contributed by atoms with E-state index in [1.54, 1.807) is 0 Å². The van der Waals surface area contributed by atoms with Crippen LogP contribution in [-0.2, 0) is 0 Å². The van der Waals surface area contributed by atoms with Crippen LogP contribution >= 0.6 is 11.6 Å². The zero-order chi connectivity index (χ0) is 12.5. The third-order valence-electron chi connectivity index (χ3n) is 1.81. The van der Waals surface area contributed by atoms with Crippen LogP contribution < -0.4 is 0 Å². The van der Waals surface area contributed by atoms with E-state index in [9.17, 15) is 14.4 Å². The van der Waals surface area contributed by atoms with E-state index >= 15 is 0 Å². The maximum Gasteiger partial charge on any atom is 0.338 e. The molecule has 0 heterocycles. The Bertz CT molecular complexity index is 493. The third-order valence-corrected chi connectivity index (χ3v) is 2.13. The lowest BCUT2D eigenvalue weighted by molar-refractivity contribution is 0.0633. The standard InChI is InChI=1S/C9H5ClO6/c10-4-2-1-3(7(11)12)5(8(13)14)6(4)9(15)16/h1-2H,(H,11,12)(H,13,14)(H,15,16). The first-order valence-corrected chi connectivity index (χ1v) is 4.26. The smallest absolute Gasteiger partial charge is 0.338 e. The molecule has 0 unspecified atom stereocenters. The van der Waals surface area contributed by atoms with Crippen LogP contribution in [0, 0.1) is 0 Å². The third kappa shape index (κ3) is 1.96. The van der Waals surface area contributed by atoms with Crippen molar-refractivity contribution in [2.75, 3.05) is 0 Å². The van der Waals surface area contributed by atoms with E-state index in [4.69, 9.17) is 26.9 Å². The van der Waals surface area contributed by atoms with Crippen molar-refractivity contribution in [3.63, 3.8) is 0 Å². The fourth-order valence-corrected chi connectivity index (χ4v) is 1.43. The van der Waals surface area contributed by atoms with E-state index in [2.05, 4.69) is 0 Å². The average molecular weight is 245 g/mol. The van der Waals surface area contributed by atoms with Crippen molar-refractivity contribution in [2.24, 2.45) is 0 Å². The second-order valence-corrected chi connectivity index (χ2v) is 3.17. The fraction of sp³-hybridized carbons (Fsp3) is 0. The molecule has 0 saturated heterocycles. The summed E-state index contributed by atoms with van der Waals surface area (Å²) in [5.41, 5.74) is -2.17.